The number of nitrogens with one attached hydrogen (secondary N) is 2. The van der Waals surface area contributed by atoms with Crippen LogP contribution < -0.4 is 10.2 Å². The predicted octanol–water partition coefficient (Wildman–Crippen LogP) is 4.52. The smallest absolute Gasteiger partial charge is 0.318 e. The minimum Gasteiger partial charge on any atom is -0.355 e. The summed E-state index contributed by atoms with van der Waals surface area (Å²) >= 11 is 3.59. The van der Waals surface area contributed by atoms with E-state index in [1.165, 1.54) is 0 Å². The highest BCUT2D eigenvalue weighted by atomic mass is 79.9. The van der Waals surface area contributed by atoms with Crippen molar-refractivity contribution in [3.05, 3.63) is 63.8 Å². The van der Waals surface area contributed by atoms with Crippen LogP contribution in [0.5, 0.6) is 0 Å². The first kappa shape index (κ1) is 20.1. The molecule has 0 saturated heterocycles. The summed E-state index contributed by atoms with van der Waals surface area (Å²) in [6.45, 7) is 5.57. The third kappa shape index (κ3) is 2.69. The number of hydrogen-bond donors (Lipinski definition) is 2. The third-order valence-corrected chi connectivity index (χ3v) is 6.94. The second-order valence-corrected chi connectivity index (χ2v) is 8.99. The molecule has 31 heavy (non-hydrogen) atoms. The van der Waals surface area contributed by atoms with Gasteiger partial charge in [0.15, 0.2) is 5.54 Å². The lowest BCUT2D eigenvalue weighted by atomic mass is 9.80. The van der Waals surface area contributed by atoms with Gasteiger partial charge in [0, 0.05) is 40.6 Å². The van der Waals surface area contributed by atoms with E-state index in [4.69, 9.17) is 0 Å². The van der Waals surface area contributed by atoms with E-state index in [9.17, 15) is 9.59 Å². The summed E-state index contributed by atoms with van der Waals surface area (Å²) in [5, 5.41) is 4.12. The fourth-order valence-corrected chi connectivity index (χ4v) is 5.51. The van der Waals surface area contributed by atoms with Gasteiger partial charge in [0.1, 0.15) is 0 Å². The van der Waals surface area contributed by atoms with Crippen LogP contribution >= 0.6 is 15.9 Å². The highest BCUT2D eigenvalue weighted by Gasteiger charge is 2.60. The van der Waals surface area contributed by atoms with Crippen LogP contribution in [0, 0.1) is 0 Å². The summed E-state index contributed by atoms with van der Waals surface area (Å²) in [7, 11) is 0. The highest BCUT2D eigenvalue weighted by molar-refractivity contribution is 9.10. The third-order valence-electron chi connectivity index (χ3n) is 6.45. The molecule has 3 amide bonds. The van der Waals surface area contributed by atoms with Crippen molar-refractivity contribution in [3.8, 4) is 0 Å². The number of H-pyrrole nitrogens is 1. The van der Waals surface area contributed by atoms with Crippen molar-refractivity contribution >= 4 is 44.5 Å². The normalized spacial score (nSPS) is 19.8. The fraction of sp³-hybridized carbons (Fsp3) is 0.333. The summed E-state index contributed by atoms with van der Waals surface area (Å²) in [4.78, 5) is 34.7. The topological polar surface area (TPSA) is 68.4 Å². The second-order valence-electron chi connectivity index (χ2n) is 8.08. The minimum absolute atomic E-state index is 0.0812. The summed E-state index contributed by atoms with van der Waals surface area (Å²) in [6.07, 6.45) is 1.53. The molecule has 6 nitrogen and oxygen atoms in total. The zero-order valence-electron chi connectivity index (χ0n) is 17.7. The quantitative estimate of drug-likeness (QED) is 0.578. The number of rotatable bonds is 3. The van der Waals surface area contributed by atoms with E-state index in [0.29, 0.717) is 26.1 Å². The molecule has 0 bridgehead atoms. The van der Waals surface area contributed by atoms with Gasteiger partial charge in [-0.2, -0.15) is 0 Å². The molecule has 0 aliphatic carbocycles. The summed E-state index contributed by atoms with van der Waals surface area (Å²) in [6, 6.07) is 13.8. The molecule has 1 unspecified atom stereocenters. The van der Waals surface area contributed by atoms with Crippen molar-refractivity contribution in [2.75, 3.05) is 24.5 Å². The molecule has 2 aliphatic rings. The number of aromatic nitrogens is 1. The van der Waals surface area contributed by atoms with E-state index in [1.807, 2.05) is 50.2 Å². The maximum Gasteiger partial charge on any atom is 0.318 e. The van der Waals surface area contributed by atoms with Gasteiger partial charge in [0.05, 0.1) is 11.4 Å². The molecule has 1 aromatic heterocycles. The number of aromatic amines is 1. The number of halogens is 1. The number of hydrogen-bond acceptors (Lipinski definition) is 2. The Hall–Kier alpha value is -2.80. The molecule has 2 aromatic carbocycles. The van der Waals surface area contributed by atoms with Crippen LogP contribution in [0.4, 0.5) is 10.5 Å². The Labute approximate surface area is 189 Å². The average molecular weight is 481 g/mol. The number of benzene rings is 2. The number of carbonyl (C=O) groups excluding carboxylic acids is 2. The van der Waals surface area contributed by atoms with Gasteiger partial charge in [0.25, 0.3) is 5.91 Å². The Kier molecular flexibility index (Phi) is 4.81. The maximum absolute atomic E-state index is 14.2. The van der Waals surface area contributed by atoms with Crippen molar-refractivity contribution in [3.63, 3.8) is 0 Å². The van der Waals surface area contributed by atoms with E-state index in [0.717, 1.165) is 44.3 Å². The Morgan fingerprint density at radius 1 is 1.23 bits per heavy atom. The van der Waals surface area contributed by atoms with Gasteiger partial charge < -0.3 is 20.1 Å². The Balaban J connectivity index is 1.83. The predicted molar refractivity (Wildman–Crippen MR) is 125 cm³/mol. The average Bonchev–Trinajstić information content (AvgIpc) is 3.27. The van der Waals surface area contributed by atoms with Crippen molar-refractivity contribution in [2.45, 2.75) is 32.2 Å². The number of amides is 3. The molecule has 0 radical (unpaired) electrons. The summed E-state index contributed by atoms with van der Waals surface area (Å²) in [5.41, 5.74) is 3.41. The molecular formula is C24H25BrN4O2. The first-order valence-electron chi connectivity index (χ1n) is 10.8. The molecule has 2 aliphatic heterocycles. The molecular weight excluding hydrogens is 456 g/mol. The number of carbonyl (C=O) groups is 2. The Bertz CT molecular complexity index is 1200. The van der Waals surface area contributed by atoms with Crippen molar-refractivity contribution in [1.82, 2.24) is 15.2 Å². The monoisotopic (exact) mass is 480 g/mol. The van der Waals surface area contributed by atoms with Gasteiger partial charge in [-0.25, -0.2) is 4.79 Å². The van der Waals surface area contributed by atoms with Crippen LogP contribution in [-0.2, 0) is 16.8 Å². The van der Waals surface area contributed by atoms with Crippen LogP contribution in [0.1, 0.15) is 37.1 Å². The van der Waals surface area contributed by atoms with Crippen molar-refractivity contribution in [2.24, 2.45) is 0 Å². The lowest BCUT2D eigenvalue weighted by Crippen LogP contribution is -2.61. The standard InChI is InChI=1S/C24H25BrN4O2/c1-3-12-26-23(31)29-13-11-17-16-7-5-6-8-19(16)27-21(17)24(29)18-14-15(25)9-10-20(18)28(4-2)22(24)30/h5-10,14,27H,3-4,11-13H2,1-2H3,(H,26,31). The van der Waals surface area contributed by atoms with Gasteiger partial charge in [-0.05, 0) is 49.6 Å². The molecule has 7 heteroatoms. The van der Waals surface area contributed by atoms with E-state index < -0.39 is 5.54 Å². The van der Waals surface area contributed by atoms with Gasteiger partial charge >= 0.3 is 6.03 Å². The number of urea groups is 1. The highest BCUT2D eigenvalue weighted by Crippen LogP contribution is 2.52. The number of fused-ring (bicyclic) bond motifs is 6. The summed E-state index contributed by atoms with van der Waals surface area (Å²) in [5.74, 6) is -0.0812. The van der Waals surface area contributed by atoms with Crippen LogP contribution in [0.3, 0.4) is 0 Å². The first-order valence-corrected chi connectivity index (χ1v) is 11.6. The minimum atomic E-state index is -1.21. The largest absolute Gasteiger partial charge is 0.355 e. The zero-order chi connectivity index (χ0) is 21.8. The number of nitrogens with zero attached hydrogens (tertiary/aromatic N) is 2. The lowest BCUT2D eigenvalue weighted by molar-refractivity contribution is -0.126. The number of para-hydroxylation sites is 1. The first-order chi connectivity index (χ1) is 15.0. The molecule has 0 fully saturated rings. The van der Waals surface area contributed by atoms with Crippen LogP contribution in [0.25, 0.3) is 10.9 Å². The zero-order valence-corrected chi connectivity index (χ0v) is 19.3. The lowest BCUT2D eigenvalue weighted by Gasteiger charge is -2.43. The van der Waals surface area contributed by atoms with E-state index in [1.54, 1.807) is 9.80 Å². The Morgan fingerprint density at radius 2 is 2.03 bits per heavy atom. The summed E-state index contributed by atoms with van der Waals surface area (Å²) < 4.78 is 0.883. The van der Waals surface area contributed by atoms with Crippen molar-refractivity contribution in [1.29, 1.82) is 0 Å². The molecule has 160 valence electrons. The second kappa shape index (κ2) is 7.41. The van der Waals surface area contributed by atoms with Crippen LogP contribution in [0.2, 0.25) is 0 Å². The van der Waals surface area contributed by atoms with Crippen molar-refractivity contribution < 1.29 is 9.59 Å². The van der Waals surface area contributed by atoms with E-state index in [2.05, 4.69) is 32.3 Å². The van der Waals surface area contributed by atoms with Gasteiger partial charge in [-0.15, -0.1) is 0 Å². The molecule has 5 rings (SSSR count). The number of anilines is 1. The Morgan fingerprint density at radius 3 is 2.81 bits per heavy atom. The maximum atomic E-state index is 14.2. The van der Waals surface area contributed by atoms with Crippen LogP contribution in [0.15, 0.2) is 46.9 Å². The fourth-order valence-electron chi connectivity index (χ4n) is 5.15. The molecule has 2 N–H and O–H groups in total. The van der Waals surface area contributed by atoms with Gasteiger partial charge in [-0.1, -0.05) is 41.1 Å². The van der Waals surface area contributed by atoms with Gasteiger partial charge in [-0.3, -0.25) is 4.79 Å². The molecule has 3 aromatic rings. The molecule has 3 heterocycles. The molecule has 0 saturated carbocycles. The van der Waals surface area contributed by atoms with E-state index in [-0.39, 0.29) is 11.9 Å². The molecule has 1 spiro atoms. The van der Waals surface area contributed by atoms with Gasteiger partial charge in [0.2, 0.25) is 0 Å². The molecule has 1 atom stereocenters. The van der Waals surface area contributed by atoms with Crippen LogP contribution in [-0.4, -0.2) is 41.5 Å². The van der Waals surface area contributed by atoms with E-state index >= 15 is 0 Å². The SMILES string of the molecule is CCCNC(=O)N1CCc2c([nH]c3ccccc23)C12C(=O)N(CC)c1ccc(Br)cc12. The number of likely N-dealkylation sites (N-methyl/N-ethyl adjacent to an activating group) is 1.